The lowest BCUT2D eigenvalue weighted by molar-refractivity contribution is 0.0357. The molecule has 2 N–H and O–H groups in total. The molecule has 0 radical (unpaired) electrons. The van der Waals surface area contributed by atoms with Crippen molar-refractivity contribution in [1.29, 1.82) is 0 Å². The average Bonchev–Trinajstić information content (AvgIpc) is 2.92. The lowest BCUT2D eigenvalue weighted by atomic mass is 9.92. The summed E-state index contributed by atoms with van der Waals surface area (Å²) in [6.07, 6.45) is 3.53. The summed E-state index contributed by atoms with van der Waals surface area (Å²) in [6.45, 7) is 12.2. The maximum atomic E-state index is 12.2. The minimum Gasteiger partial charge on any atom is -0.493 e. The molecule has 9 nitrogen and oxygen atoms in total. The summed E-state index contributed by atoms with van der Waals surface area (Å²) in [5, 5.41) is 6.56. The number of halogens is 2. The summed E-state index contributed by atoms with van der Waals surface area (Å²) < 4.78 is 23.3. The van der Waals surface area contributed by atoms with E-state index in [1.165, 1.54) is 0 Å². The van der Waals surface area contributed by atoms with E-state index in [0.29, 0.717) is 41.8 Å². The maximum absolute atomic E-state index is 12.2. The standard InChI is InChI=1S/C30H40N4O5.2ClH/c1-30(2,3)11-13-32-29(35)33-22-6-8-23(9-7-22)39-26-10-12-31-25-21-28(27(36-4)20-24(25)26)38-17-5-14-34-15-18-37-19-16-34;;/h6-10,12,20-21H,5,11,13-19H2,1-4H3,(H2,32,33,35);2*1H. The maximum Gasteiger partial charge on any atom is 0.319 e. The van der Waals surface area contributed by atoms with Crippen molar-refractivity contribution in [1.82, 2.24) is 15.2 Å². The minimum absolute atomic E-state index is 0. The number of urea groups is 1. The quantitative estimate of drug-likeness (QED) is 0.239. The highest BCUT2D eigenvalue weighted by Crippen LogP contribution is 2.37. The van der Waals surface area contributed by atoms with Gasteiger partial charge in [0.2, 0.25) is 0 Å². The van der Waals surface area contributed by atoms with E-state index in [2.05, 4.69) is 41.3 Å². The van der Waals surface area contributed by atoms with Gasteiger partial charge in [-0.05, 0) is 54.7 Å². The van der Waals surface area contributed by atoms with E-state index >= 15 is 0 Å². The predicted octanol–water partition coefficient (Wildman–Crippen LogP) is 6.54. The van der Waals surface area contributed by atoms with Crippen LogP contribution >= 0.6 is 24.8 Å². The molecule has 1 aliphatic rings. The predicted molar refractivity (Wildman–Crippen MR) is 168 cm³/mol. The zero-order valence-electron chi connectivity index (χ0n) is 24.2. The van der Waals surface area contributed by atoms with Crippen molar-refractivity contribution < 1.29 is 23.7 Å². The number of benzene rings is 2. The van der Waals surface area contributed by atoms with E-state index in [1.807, 2.05) is 42.5 Å². The van der Waals surface area contributed by atoms with Crippen LogP contribution < -0.4 is 24.8 Å². The van der Waals surface area contributed by atoms with E-state index in [1.54, 1.807) is 13.3 Å². The number of hydrogen-bond acceptors (Lipinski definition) is 7. The number of amides is 2. The molecule has 3 aromatic rings. The number of carbonyl (C=O) groups is 1. The van der Waals surface area contributed by atoms with Gasteiger partial charge in [0.15, 0.2) is 11.5 Å². The van der Waals surface area contributed by atoms with Gasteiger partial charge >= 0.3 is 6.03 Å². The highest BCUT2D eigenvalue weighted by Gasteiger charge is 2.14. The number of carbonyl (C=O) groups excluding carboxylic acids is 1. The van der Waals surface area contributed by atoms with E-state index in [4.69, 9.17) is 18.9 Å². The largest absolute Gasteiger partial charge is 0.493 e. The van der Waals surface area contributed by atoms with E-state index < -0.39 is 0 Å². The summed E-state index contributed by atoms with van der Waals surface area (Å²) in [5.74, 6) is 2.58. The topological polar surface area (TPSA) is 94.2 Å². The molecule has 4 rings (SSSR count). The fraction of sp³-hybridized carbons (Fsp3) is 0.467. The van der Waals surface area contributed by atoms with Gasteiger partial charge < -0.3 is 29.6 Å². The molecule has 0 atom stereocenters. The van der Waals surface area contributed by atoms with Crippen LogP contribution in [0.3, 0.4) is 0 Å². The molecule has 0 spiro atoms. The summed E-state index contributed by atoms with van der Waals surface area (Å²) >= 11 is 0. The van der Waals surface area contributed by atoms with Crippen LogP contribution in [0.25, 0.3) is 10.9 Å². The van der Waals surface area contributed by atoms with Gasteiger partial charge in [0.25, 0.3) is 0 Å². The van der Waals surface area contributed by atoms with E-state index in [9.17, 15) is 4.79 Å². The first-order valence-corrected chi connectivity index (χ1v) is 13.5. The first kappa shape index (κ1) is 34.2. The Bertz CT molecular complexity index is 1230. The fourth-order valence-corrected chi connectivity index (χ4v) is 4.24. The third-order valence-electron chi connectivity index (χ3n) is 6.47. The first-order valence-electron chi connectivity index (χ1n) is 13.5. The second-order valence-electron chi connectivity index (χ2n) is 10.8. The molecule has 41 heavy (non-hydrogen) atoms. The molecule has 0 aliphatic carbocycles. The van der Waals surface area contributed by atoms with Gasteiger partial charge in [0, 0.05) is 49.5 Å². The smallest absolute Gasteiger partial charge is 0.319 e. The number of hydrogen-bond donors (Lipinski definition) is 2. The van der Waals surface area contributed by atoms with Gasteiger partial charge in [-0.1, -0.05) is 20.8 Å². The van der Waals surface area contributed by atoms with Crippen molar-refractivity contribution in [3.63, 3.8) is 0 Å². The Morgan fingerprint density at radius 1 is 1.02 bits per heavy atom. The molecule has 11 heteroatoms. The lowest BCUT2D eigenvalue weighted by Crippen LogP contribution is -2.37. The number of morpholine rings is 1. The molecule has 226 valence electrons. The molecular formula is C30H42Cl2N4O5. The fourth-order valence-electron chi connectivity index (χ4n) is 4.24. The zero-order valence-corrected chi connectivity index (χ0v) is 25.9. The number of anilines is 1. The Morgan fingerprint density at radius 2 is 1.76 bits per heavy atom. The lowest BCUT2D eigenvalue weighted by Gasteiger charge is -2.26. The van der Waals surface area contributed by atoms with E-state index in [-0.39, 0.29) is 36.3 Å². The molecule has 2 amide bonds. The molecule has 0 unspecified atom stereocenters. The van der Waals surface area contributed by atoms with Gasteiger partial charge in [-0.3, -0.25) is 9.88 Å². The molecule has 0 saturated carbocycles. The molecule has 1 saturated heterocycles. The Labute approximate surface area is 255 Å². The SMILES string of the molecule is COc1cc2c(Oc3ccc(NC(=O)NCCC(C)(C)C)cc3)ccnc2cc1OCCCN1CCOCC1.Cl.Cl. The van der Waals surface area contributed by atoms with Crippen LogP contribution in [0.1, 0.15) is 33.6 Å². The number of nitrogens with one attached hydrogen (secondary N) is 2. The van der Waals surface area contributed by atoms with Crippen molar-refractivity contribution in [2.24, 2.45) is 5.41 Å². The molecular weight excluding hydrogens is 567 g/mol. The Balaban J connectivity index is 0.00000294. The van der Waals surface area contributed by atoms with Gasteiger partial charge in [0.05, 0.1) is 32.4 Å². The van der Waals surface area contributed by atoms with Crippen LogP contribution in [0.15, 0.2) is 48.7 Å². The summed E-state index contributed by atoms with van der Waals surface area (Å²) in [7, 11) is 1.63. The average molecular weight is 610 g/mol. The van der Waals surface area contributed by atoms with Crippen LogP contribution in [0.5, 0.6) is 23.0 Å². The Morgan fingerprint density at radius 3 is 2.44 bits per heavy atom. The third-order valence-corrected chi connectivity index (χ3v) is 6.47. The van der Waals surface area contributed by atoms with Crippen molar-refractivity contribution in [2.45, 2.75) is 33.6 Å². The second-order valence-corrected chi connectivity index (χ2v) is 10.8. The van der Waals surface area contributed by atoms with E-state index in [0.717, 1.165) is 56.6 Å². The van der Waals surface area contributed by atoms with Crippen LogP contribution in [0.2, 0.25) is 0 Å². The number of methoxy groups -OCH3 is 1. The van der Waals surface area contributed by atoms with Crippen molar-refractivity contribution in [3.8, 4) is 23.0 Å². The normalized spacial score (nSPS) is 13.5. The van der Waals surface area contributed by atoms with Crippen molar-refractivity contribution in [2.75, 3.05) is 58.4 Å². The summed E-state index contributed by atoms with van der Waals surface area (Å²) in [6, 6.07) is 12.6. The number of fused-ring (bicyclic) bond motifs is 1. The van der Waals surface area contributed by atoms with Crippen molar-refractivity contribution >= 4 is 47.4 Å². The Kier molecular flexibility index (Phi) is 13.7. The molecule has 0 bridgehead atoms. The number of aromatic nitrogens is 1. The summed E-state index contributed by atoms with van der Waals surface area (Å²) in [5.41, 5.74) is 1.61. The minimum atomic E-state index is -0.223. The van der Waals surface area contributed by atoms with Crippen LogP contribution in [0.4, 0.5) is 10.5 Å². The molecule has 2 aromatic carbocycles. The summed E-state index contributed by atoms with van der Waals surface area (Å²) in [4.78, 5) is 19.1. The Hall–Kier alpha value is -2.98. The zero-order chi connectivity index (χ0) is 27.7. The number of pyridine rings is 1. The molecule has 2 heterocycles. The van der Waals surface area contributed by atoms with Crippen LogP contribution in [0, 0.1) is 5.41 Å². The van der Waals surface area contributed by atoms with Crippen LogP contribution in [-0.2, 0) is 4.74 Å². The number of rotatable bonds is 11. The van der Waals surface area contributed by atoms with Gasteiger partial charge in [0.1, 0.15) is 11.5 Å². The second kappa shape index (κ2) is 16.5. The first-order chi connectivity index (χ1) is 18.8. The van der Waals surface area contributed by atoms with Gasteiger partial charge in [-0.25, -0.2) is 4.79 Å². The molecule has 1 fully saturated rings. The highest BCUT2D eigenvalue weighted by atomic mass is 35.5. The molecule has 1 aromatic heterocycles. The third kappa shape index (κ3) is 10.7. The monoisotopic (exact) mass is 608 g/mol. The number of nitrogens with zero attached hydrogens (tertiary/aromatic N) is 2. The molecule has 1 aliphatic heterocycles. The van der Waals surface area contributed by atoms with Crippen LogP contribution in [-0.4, -0.2) is 69.0 Å². The van der Waals surface area contributed by atoms with Gasteiger partial charge in [-0.2, -0.15) is 0 Å². The van der Waals surface area contributed by atoms with Gasteiger partial charge in [-0.15, -0.1) is 24.8 Å². The highest BCUT2D eigenvalue weighted by molar-refractivity contribution is 5.90. The van der Waals surface area contributed by atoms with Crippen molar-refractivity contribution in [3.05, 3.63) is 48.7 Å². The number of ether oxygens (including phenoxy) is 4.